The standard InChI is InChI=1S/C24H30N2O4S/c27-22(26-21-12-7-11-20(17-21)19-9-3-1-4-10-19)13-5-2-6-15-25-23(28)18-31-16-8-14-24(29)30/h1,3-4,7,9-12,17H,2,5-6,8,13-16,18H2,(H,25,28)(H,26,27)(H,29,30). The number of hydrogen-bond donors (Lipinski definition) is 3. The van der Waals surface area contributed by atoms with Gasteiger partial charge in [-0.25, -0.2) is 0 Å². The Hall–Kier alpha value is -2.80. The molecule has 0 spiro atoms. The number of carbonyl (C=O) groups is 3. The molecule has 2 amide bonds. The number of anilines is 1. The third kappa shape index (κ3) is 10.7. The van der Waals surface area contributed by atoms with Crippen LogP contribution in [0.3, 0.4) is 0 Å². The molecular weight excluding hydrogens is 412 g/mol. The van der Waals surface area contributed by atoms with Crippen molar-refractivity contribution in [1.82, 2.24) is 5.32 Å². The van der Waals surface area contributed by atoms with Crippen LogP contribution in [0.25, 0.3) is 11.1 Å². The second kappa shape index (κ2) is 14.2. The first-order valence-electron chi connectivity index (χ1n) is 10.6. The van der Waals surface area contributed by atoms with Gasteiger partial charge in [0.2, 0.25) is 11.8 Å². The summed E-state index contributed by atoms with van der Waals surface area (Å²) >= 11 is 1.45. The van der Waals surface area contributed by atoms with E-state index >= 15 is 0 Å². The van der Waals surface area contributed by atoms with Crippen molar-refractivity contribution in [1.29, 1.82) is 0 Å². The summed E-state index contributed by atoms with van der Waals surface area (Å²) < 4.78 is 0. The molecule has 0 aliphatic rings. The lowest BCUT2D eigenvalue weighted by atomic mass is 10.1. The van der Waals surface area contributed by atoms with Crippen molar-refractivity contribution in [2.24, 2.45) is 0 Å². The highest BCUT2D eigenvalue weighted by Crippen LogP contribution is 2.22. The average Bonchev–Trinajstić information content (AvgIpc) is 2.76. The van der Waals surface area contributed by atoms with Crippen LogP contribution in [0.15, 0.2) is 54.6 Å². The fourth-order valence-corrected chi connectivity index (χ4v) is 3.77. The van der Waals surface area contributed by atoms with Crippen LogP contribution in [-0.2, 0) is 14.4 Å². The zero-order valence-corrected chi connectivity index (χ0v) is 18.5. The van der Waals surface area contributed by atoms with Gasteiger partial charge in [-0.3, -0.25) is 14.4 Å². The van der Waals surface area contributed by atoms with E-state index in [0.29, 0.717) is 30.9 Å². The van der Waals surface area contributed by atoms with Crippen molar-refractivity contribution in [3.8, 4) is 11.1 Å². The Morgan fingerprint density at radius 1 is 0.806 bits per heavy atom. The molecule has 2 rings (SSSR count). The molecule has 7 heteroatoms. The molecule has 0 aromatic heterocycles. The molecule has 0 bridgehead atoms. The van der Waals surface area contributed by atoms with Crippen LogP contribution in [0.5, 0.6) is 0 Å². The van der Waals surface area contributed by atoms with E-state index < -0.39 is 5.97 Å². The molecule has 0 radical (unpaired) electrons. The molecule has 0 aliphatic carbocycles. The van der Waals surface area contributed by atoms with Gasteiger partial charge in [0.05, 0.1) is 5.75 Å². The fourth-order valence-electron chi connectivity index (χ4n) is 2.99. The van der Waals surface area contributed by atoms with E-state index in [0.717, 1.165) is 36.1 Å². The molecule has 0 fully saturated rings. The monoisotopic (exact) mass is 442 g/mol. The van der Waals surface area contributed by atoms with Crippen molar-refractivity contribution >= 4 is 35.2 Å². The van der Waals surface area contributed by atoms with E-state index in [-0.39, 0.29) is 18.2 Å². The lowest BCUT2D eigenvalue weighted by molar-refractivity contribution is -0.137. The Morgan fingerprint density at radius 2 is 1.58 bits per heavy atom. The van der Waals surface area contributed by atoms with Gasteiger partial charge in [-0.15, -0.1) is 0 Å². The first kappa shape index (κ1) is 24.5. The first-order chi connectivity index (χ1) is 15.0. The third-order valence-electron chi connectivity index (χ3n) is 4.57. The fraction of sp³-hybridized carbons (Fsp3) is 0.375. The van der Waals surface area contributed by atoms with Crippen LogP contribution < -0.4 is 10.6 Å². The molecule has 31 heavy (non-hydrogen) atoms. The molecule has 0 saturated carbocycles. The number of aliphatic carboxylic acids is 1. The van der Waals surface area contributed by atoms with Gasteiger partial charge in [0.1, 0.15) is 0 Å². The number of amides is 2. The van der Waals surface area contributed by atoms with Gasteiger partial charge >= 0.3 is 5.97 Å². The van der Waals surface area contributed by atoms with Crippen molar-refractivity contribution in [2.45, 2.75) is 38.5 Å². The van der Waals surface area contributed by atoms with Crippen molar-refractivity contribution < 1.29 is 19.5 Å². The molecule has 0 heterocycles. The van der Waals surface area contributed by atoms with E-state index in [2.05, 4.69) is 10.6 Å². The molecule has 2 aromatic carbocycles. The Kier molecular flexibility index (Phi) is 11.2. The number of unbranched alkanes of at least 4 members (excludes halogenated alkanes) is 2. The lowest BCUT2D eigenvalue weighted by Crippen LogP contribution is -2.26. The van der Waals surface area contributed by atoms with Crippen molar-refractivity contribution in [2.75, 3.05) is 23.4 Å². The molecule has 2 aromatic rings. The van der Waals surface area contributed by atoms with Gasteiger partial charge in [0.15, 0.2) is 0 Å². The number of thioether (sulfide) groups is 1. The normalized spacial score (nSPS) is 10.5. The summed E-state index contributed by atoms with van der Waals surface area (Å²) in [5.74, 6) is 0.176. The molecule has 0 aliphatic heterocycles. The molecule has 0 unspecified atom stereocenters. The van der Waals surface area contributed by atoms with Gasteiger partial charge in [-0.2, -0.15) is 11.8 Å². The minimum absolute atomic E-state index is 0.00740. The van der Waals surface area contributed by atoms with Gasteiger partial charge in [0, 0.05) is 25.1 Å². The molecule has 166 valence electrons. The summed E-state index contributed by atoms with van der Waals surface area (Å²) in [5.41, 5.74) is 2.97. The minimum atomic E-state index is -0.806. The molecule has 6 nitrogen and oxygen atoms in total. The predicted molar refractivity (Wildman–Crippen MR) is 126 cm³/mol. The van der Waals surface area contributed by atoms with Gasteiger partial charge in [0.25, 0.3) is 0 Å². The highest BCUT2D eigenvalue weighted by atomic mass is 32.2. The maximum Gasteiger partial charge on any atom is 0.303 e. The van der Waals surface area contributed by atoms with E-state index in [1.54, 1.807) is 0 Å². The zero-order chi connectivity index (χ0) is 22.3. The third-order valence-corrected chi connectivity index (χ3v) is 5.61. The van der Waals surface area contributed by atoms with E-state index in [4.69, 9.17) is 5.11 Å². The summed E-state index contributed by atoms with van der Waals surface area (Å²) in [6.45, 7) is 0.593. The van der Waals surface area contributed by atoms with Crippen molar-refractivity contribution in [3.05, 3.63) is 54.6 Å². The smallest absolute Gasteiger partial charge is 0.303 e. The van der Waals surface area contributed by atoms with E-state index in [1.807, 2.05) is 54.6 Å². The van der Waals surface area contributed by atoms with Crippen LogP contribution in [0.2, 0.25) is 0 Å². The number of benzene rings is 2. The van der Waals surface area contributed by atoms with Crippen LogP contribution in [0, 0.1) is 0 Å². The summed E-state index contributed by atoms with van der Waals surface area (Å²) in [4.78, 5) is 34.3. The van der Waals surface area contributed by atoms with Gasteiger partial charge in [-0.1, -0.05) is 48.9 Å². The Balaban J connectivity index is 1.55. The molecular formula is C24H30N2O4S. The van der Waals surface area contributed by atoms with E-state index in [9.17, 15) is 14.4 Å². The largest absolute Gasteiger partial charge is 0.481 e. The first-order valence-corrected chi connectivity index (χ1v) is 11.7. The van der Waals surface area contributed by atoms with Crippen LogP contribution >= 0.6 is 11.8 Å². The second-order valence-electron chi connectivity index (χ2n) is 7.21. The van der Waals surface area contributed by atoms with Gasteiger partial charge < -0.3 is 15.7 Å². The van der Waals surface area contributed by atoms with Crippen molar-refractivity contribution in [3.63, 3.8) is 0 Å². The predicted octanol–water partition coefficient (Wildman–Crippen LogP) is 4.57. The summed E-state index contributed by atoms with van der Waals surface area (Å²) in [7, 11) is 0. The maximum atomic E-state index is 12.2. The number of carboxylic acids is 1. The quantitative estimate of drug-likeness (QED) is 0.373. The van der Waals surface area contributed by atoms with Crippen LogP contribution in [0.1, 0.15) is 38.5 Å². The lowest BCUT2D eigenvalue weighted by Gasteiger charge is -2.08. The zero-order valence-electron chi connectivity index (χ0n) is 17.6. The number of hydrogen-bond acceptors (Lipinski definition) is 4. The topological polar surface area (TPSA) is 95.5 Å². The second-order valence-corrected chi connectivity index (χ2v) is 8.31. The highest BCUT2D eigenvalue weighted by Gasteiger charge is 2.05. The minimum Gasteiger partial charge on any atom is -0.481 e. The summed E-state index contributed by atoms with van der Waals surface area (Å²) in [5, 5.41) is 14.4. The maximum absolute atomic E-state index is 12.2. The van der Waals surface area contributed by atoms with E-state index in [1.165, 1.54) is 11.8 Å². The Morgan fingerprint density at radius 3 is 2.35 bits per heavy atom. The average molecular weight is 443 g/mol. The highest BCUT2D eigenvalue weighted by molar-refractivity contribution is 7.99. The molecule has 0 saturated heterocycles. The molecule has 3 N–H and O–H groups in total. The number of carbonyl (C=O) groups excluding carboxylic acids is 2. The SMILES string of the molecule is O=C(O)CCCSCC(=O)NCCCCCC(=O)Nc1cccc(-c2ccccc2)c1. The summed E-state index contributed by atoms with van der Waals surface area (Å²) in [6.07, 6.45) is 3.62. The number of nitrogens with one attached hydrogen (secondary N) is 2. The Labute approximate surface area is 187 Å². The molecule has 0 atom stereocenters. The van der Waals surface area contributed by atoms with Gasteiger partial charge in [-0.05, 0) is 48.3 Å². The van der Waals surface area contributed by atoms with Crippen LogP contribution in [-0.4, -0.2) is 40.9 Å². The summed E-state index contributed by atoms with van der Waals surface area (Å²) in [6, 6.07) is 17.9. The number of rotatable bonds is 14. The Bertz CT molecular complexity index is 842. The number of carboxylic acid groups (broad SMARTS) is 1. The van der Waals surface area contributed by atoms with Crippen LogP contribution in [0.4, 0.5) is 5.69 Å².